The minimum Gasteiger partial charge on any atom is -0.298 e. The highest BCUT2D eigenvalue weighted by molar-refractivity contribution is 6.43. The van der Waals surface area contributed by atoms with Crippen molar-refractivity contribution in [2.24, 2.45) is 0 Å². The Hall–Kier alpha value is -5.50. The highest BCUT2D eigenvalue weighted by Crippen LogP contribution is 2.51. The van der Waals surface area contributed by atoms with Gasteiger partial charge in [-0.2, -0.15) is 0 Å². The summed E-state index contributed by atoms with van der Waals surface area (Å²) in [6, 6.07) is 38.2. The molecular formula is C48H34Cl4N4O2. The molecule has 0 spiro atoms. The summed E-state index contributed by atoms with van der Waals surface area (Å²) in [5.41, 5.74) is 12.5. The van der Waals surface area contributed by atoms with Crippen LogP contribution >= 0.6 is 46.4 Å². The zero-order valence-corrected chi connectivity index (χ0v) is 34.7. The van der Waals surface area contributed by atoms with E-state index in [9.17, 15) is 9.59 Å². The maximum absolute atomic E-state index is 11.7. The standard InChI is InChI=1S/C46H30N4O2.2CH2Cl2/c1-46(2,3)29-20-32-38-33(21-29)43-45(50-37-11-7-5-9-35(37)48-43)40-31(28-18-14-26(24-52)15-19-28)22-30(27-16-12-25(23-51)13-17-27)39(41(38)40)44-42(32)47-34-8-4-6-10-36(34)49-44;2*2-1-3/h4-24H,1-3H3;2*1H2. The molecule has 2 heterocycles. The first-order valence-corrected chi connectivity index (χ1v) is 20.6. The number of fused-ring (bicyclic) bond motifs is 8. The van der Waals surface area contributed by atoms with Gasteiger partial charge in [0.15, 0.2) is 0 Å². The van der Waals surface area contributed by atoms with Crippen molar-refractivity contribution in [2.45, 2.75) is 26.2 Å². The first kappa shape index (κ1) is 39.3. The highest BCUT2D eigenvalue weighted by Gasteiger charge is 2.28. The molecule has 10 aromatic rings. The lowest BCUT2D eigenvalue weighted by Crippen LogP contribution is -2.11. The zero-order chi connectivity index (χ0) is 40.7. The number of para-hydroxylation sites is 4. The average molecular weight is 841 g/mol. The van der Waals surface area contributed by atoms with E-state index in [2.05, 4.69) is 39.0 Å². The Morgan fingerprint density at radius 3 is 1.14 bits per heavy atom. The number of carbonyl (C=O) groups excluding carboxylic acids is 2. The molecule has 0 atom stereocenters. The lowest BCUT2D eigenvalue weighted by Gasteiger charge is -2.25. The summed E-state index contributed by atoms with van der Waals surface area (Å²) in [6.07, 6.45) is 1.73. The summed E-state index contributed by atoms with van der Waals surface area (Å²) >= 11 is 19.1. The normalized spacial score (nSPS) is 11.6. The van der Waals surface area contributed by atoms with Gasteiger partial charge in [0.25, 0.3) is 0 Å². The third-order valence-corrected chi connectivity index (χ3v) is 10.4. The molecule has 58 heavy (non-hydrogen) atoms. The lowest BCUT2D eigenvalue weighted by atomic mass is 9.80. The number of hydrogen-bond donors (Lipinski definition) is 0. The lowest BCUT2D eigenvalue weighted by molar-refractivity contribution is 0.111. The molecule has 0 saturated carbocycles. The number of hydrogen-bond acceptors (Lipinski definition) is 6. The second-order valence-corrected chi connectivity index (χ2v) is 16.4. The van der Waals surface area contributed by atoms with Crippen molar-refractivity contribution < 1.29 is 9.59 Å². The fourth-order valence-electron chi connectivity index (χ4n) is 7.81. The third-order valence-electron chi connectivity index (χ3n) is 10.4. The van der Waals surface area contributed by atoms with Gasteiger partial charge in [-0.05, 0) is 75.7 Å². The molecule has 10 heteroatoms. The maximum atomic E-state index is 11.7. The maximum Gasteiger partial charge on any atom is 0.150 e. The van der Waals surface area contributed by atoms with E-state index in [1.807, 2.05) is 97.1 Å². The number of benzene rings is 8. The van der Waals surface area contributed by atoms with E-state index >= 15 is 0 Å². The summed E-state index contributed by atoms with van der Waals surface area (Å²) in [7, 11) is 0. The monoisotopic (exact) mass is 838 g/mol. The average Bonchev–Trinajstić information content (AvgIpc) is 3.24. The van der Waals surface area contributed by atoms with Crippen LogP contribution in [0.25, 0.3) is 98.7 Å². The molecule has 0 aliphatic heterocycles. The van der Waals surface area contributed by atoms with Crippen LogP contribution in [-0.2, 0) is 5.41 Å². The molecule has 0 N–H and O–H groups in total. The number of alkyl halides is 4. The van der Waals surface area contributed by atoms with Crippen molar-refractivity contribution >= 4 is 135 Å². The van der Waals surface area contributed by atoms with Crippen LogP contribution in [-0.4, -0.2) is 43.2 Å². The summed E-state index contributed by atoms with van der Waals surface area (Å²) in [4.78, 5) is 45.0. The van der Waals surface area contributed by atoms with Crippen LogP contribution in [0.15, 0.2) is 115 Å². The van der Waals surface area contributed by atoms with E-state index in [4.69, 9.17) is 66.3 Å². The molecule has 10 rings (SSSR count). The van der Waals surface area contributed by atoms with Crippen LogP contribution in [0, 0.1) is 0 Å². The number of aldehydes is 2. The van der Waals surface area contributed by atoms with Gasteiger partial charge >= 0.3 is 0 Å². The largest absolute Gasteiger partial charge is 0.298 e. The van der Waals surface area contributed by atoms with Crippen LogP contribution < -0.4 is 0 Å². The Morgan fingerprint density at radius 1 is 0.466 bits per heavy atom. The third kappa shape index (κ3) is 6.84. The van der Waals surface area contributed by atoms with E-state index in [1.165, 1.54) is 5.56 Å². The summed E-state index contributed by atoms with van der Waals surface area (Å²) in [5.74, 6) is 0. The van der Waals surface area contributed by atoms with E-state index in [0.29, 0.717) is 11.1 Å². The Morgan fingerprint density at radius 2 is 0.810 bits per heavy atom. The van der Waals surface area contributed by atoms with E-state index in [1.54, 1.807) is 0 Å². The SMILES string of the molecule is CC(C)(C)c1cc2c3nc4ccccc4nc3c3c(-c4ccc(C=O)cc4)cc(-c4ccc(C=O)cc4)c4c5nc6ccccc6nc5c(c1)c2c34.ClCCl.ClCCl. The smallest absolute Gasteiger partial charge is 0.150 e. The molecule has 8 aromatic carbocycles. The van der Waals surface area contributed by atoms with Gasteiger partial charge in [-0.3, -0.25) is 9.59 Å². The van der Waals surface area contributed by atoms with Crippen LogP contribution in [0.2, 0.25) is 0 Å². The Bertz CT molecular complexity index is 2980. The molecular weight excluding hydrogens is 806 g/mol. The molecule has 0 amide bonds. The molecule has 286 valence electrons. The molecule has 6 nitrogen and oxygen atoms in total. The van der Waals surface area contributed by atoms with Gasteiger partial charge in [0.2, 0.25) is 0 Å². The fraction of sp³-hybridized carbons (Fsp3) is 0.125. The Balaban J connectivity index is 0.000000740. The Labute approximate surface area is 354 Å². The van der Waals surface area contributed by atoms with Gasteiger partial charge in [-0.15, -0.1) is 46.4 Å². The molecule has 2 aromatic heterocycles. The van der Waals surface area contributed by atoms with Crippen LogP contribution in [0.1, 0.15) is 47.1 Å². The molecule has 0 aliphatic rings. The van der Waals surface area contributed by atoms with E-state index < -0.39 is 0 Å². The molecule has 0 radical (unpaired) electrons. The number of rotatable bonds is 4. The van der Waals surface area contributed by atoms with E-state index in [0.717, 1.165) is 111 Å². The van der Waals surface area contributed by atoms with Crippen molar-refractivity contribution in [3.63, 3.8) is 0 Å². The van der Waals surface area contributed by atoms with Crippen LogP contribution in [0.5, 0.6) is 0 Å². The number of aromatic nitrogens is 4. The van der Waals surface area contributed by atoms with Crippen molar-refractivity contribution in [2.75, 3.05) is 10.7 Å². The molecule has 0 unspecified atom stereocenters. The predicted octanol–water partition coefficient (Wildman–Crippen LogP) is 13.9. The van der Waals surface area contributed by atoms with Gasteiger partial charge in [-0.1, -0.05) is 93.6 Å². The summed E-state index contributed by atoms with van der Waals surface area (Å²) in [5, 5.41) is 6.44. The topological polar surface area (TPSA) is 85.7 Å². The van der Waals surface area contributed by atoms with Gasteiger partial charge in [0, 0.05) is 43.4 Å². The second-order valence-electron chi connectivity index (χ2n) is 14.8. The minimum atomic E-state index is -0.172. The van der Waals surface area contributed by atoms with Crippen molar-refractivity contribution in [1.29, 1.82) is 0 Å². The summed E-state index contributed by atoms with van der Waals surface area (Å²) < 4.78 is 0. The van der Waals surface area contributed by atoms with E-state index in [-0.39, 0.29) is 16.1 Å². The zero-order valence-electron chi connectivity index (χ0n) is 31.7. The second kappa shape index (κ2) is 16.0. The van der Waals surface area contributed by atoms with Crippen molar-refractivity contribution in [3.8, 4) is 22.3 Å². The van der Waals surface area contributed by atoms with Gasteiger partial charge in [0.1, 0.15) is 12.6 Å². The summed E-state index contributed by atoms with van der Waals surface area (Å²) in [6.45, 7) is 6.69. The van der Waals surface area contributed by atoms with Crippen LogP contribution in [0.4, 0.5) is 0 Å². The number of carbonyl (C=O) groups is 2. The molecule has 0 bridgehead atoms. The number of nitrogens with zero attached hydrogens (tertiary/aromatic N) is 4. The first-order valence-electron chi connectivity index (χ1n) is 18.4. The molecule has 0 saturated heterocycles. The van der Waals surface area contributed by atoms with Crippen molar-refractivity contribution in [1.82, 2.24) is 19.9 Å². The fourth-order valence-corrected chi connectivity index (χ4v) is 7.81. The van der Waals surface area contributed by atoms with Gasteiger partial charge < -0.3 is 0 Å². The number of halogens is 4. The van der Waals surface area contributed by atoms with Gasteiger partial charge in [0.05, 0.1) is 54.8 Å². The minimum absolute atomic E-state index is 0.172. The Kier molecular flexibility index (Phi) is 10.9. The first-order chi connectivity index (χ1) is 28.1. The van der Waals surface area contributed by atoms with Gasteiger partial charge in [-0.25, -0.2) is 19.9 Å². The highest BCUT2D eigenvalue weighted by atomic mass is 35.5. The molecule has 0 aliphatic carbocycles. The van der Waals surface area contributed by atoms with Crippen LogP contribution in [0.3, 0.4) is 0 Å². The molecule has 0 fully saturated rings. The quantitative estimate of drug-likeness (QED) is 0.0759. The predicted molar refractivity (Wildman–Crippen MR) is 245 cm³/mol. The van der Waals surface area contributed by atoms with Crippen molar-refractivity contribution in [3.05, 3.63) is 132 Å².